The van der Waals surface area contributed by atoms with Gasteiger partial charge in [-0.15, -0.1) is 11.3 Å². The number of nitrogens with one attached hydrogen (secondary N) is 1. The highest BCUT2D eigenvalue weighted by Gasteiger charge is 2.17. The predicted molar refractivity (Wildman–Crippen MR) is 77.7 cm³/mol. The maximum Gasteiger partial charge on any atom is 0.291 e. The number of benzene rings is 1. The summed E-state index contributed by atoms with van der Waals surface area (Å²) in [6.07, 6.45) is 0. The highest BCUT2D eigenvalue weighted by molar-refractivity contribution is 7.89. The number of nitrogens with zero attached hydrogens (tertiary/aromatic N) is 1. The second-order valence-corrected chi connectivity index (χ2v) is 6.53. The SMILES string of the molecule is NS(=O)(=O)c1ccc(C(=O)Nc2ccc3scnc3c2)o1. The van der Waals surface area contributed by atoms with Crippen LogP contribution in [-0.4, -0.2) is 19.3 Å². The Labute approximate surface area is 123 Å². The minimum Gasteiger partial charge on any atom is -0.438 e. The van der Waals surface area contributed by atoms with Gasteiger partial charge in [0, 0.05) is 5.69 Å². The molecule has 0 fully saturated rings. The summed E-state index contributed by atoms with van der Waals surface area (Å²) in [5.41, 5.74) is 3.01. The van der Waals surface area contributed by atoms with Gasteiger partial charge in [0.1, 0.15) is 0 Å². The van der Waals surface area contributed by atoms with Gasteiger partial charge >= 0.3 is 0 Å². The van der Waals surface area contributed by atoms with E-state index in [2.05, 4.69) is 10.3 Å². The van der Waals surface area contributed by atoms with Crippen molar-refractivity contribution in [3.8, 4) is 0 Å². The van der Waals surface area contributed by atoms with E-state index in [0.717, 1.165) is 16.3 Å². The van der Waals surface area contributed by atoms with Crippen LogP contribution in [0.1, 0.15) is 10.6 Å². The van der Waals surface area contributed by atoms with Crippen molar-refractivity contribution in [3.05, 3.63) is 41.6 Å². The van der Waals surface area contributed by atoms with Gasteiger partial charge in [0.15, 0.2) is 5.76 Å². The summed E-state index contributed by atoms with van der Waals surface area (Å²) >= 11 is 1.49. The number of hydrogen-bond donors (Lipinski definition) is 2. The summed E-state index contributed by atoms with van der Waals surface area (Å²) in [5.74, 6) is -0.711. The second kappa shape index (κ2) is 4.95. The molecule has 3 aromatic rings. The average Bonchev–Trinajstić information content (AvgIpc) is 3.06. The van der Waals surface area contributed by atoms with Gasteiger partial charge in [-0.2, -0.15) is 0 Å². The number of hydrogen-bond acceptors (Lipinski definition) is 6. The Morgan fingerprint density at radius 3 is 2.81 bits per heavy atom. The lowest BCUT2D eigenvalue weighted by molar-refractivity contribution is 0.0991. The molecule has 0 radical (unpaired) electrons. The van der Waals surface area contributed by atoms with E-state index in [1.165, 1.54) is 17.4 Å². The van der Waals surface area contributed by atoms with Crippen molar-refractivity contribution in [3.63, 3.8) is 0 Å². The van der Waals surface area contributed by atoms with Crippen LogP contribution in [0, 0.1) is 0 Å². The predicted octanol–water partition coefficient (Wildman–Crippen LogP) is 1.79. The monoisotopic (exact) mass is 323 g/mol. The molecule has 21 heavy (non-hydrogen) atoms. The molecule has 0 aliphatic carbocycles. The van der Waals surface area contributed by atoms with Crippen LogP contribution in [-0.2, 0) is 10.0 Å². The number of thiazole rings is 1. The van der Waals surface area contributed by atoms with Crippen molar-refractivity contribution < 1.29 is 17.6 Å². The highest BCUT2D eigenvalue weighted by Crippen LogP contribution is 2.22. The lowest BCUT2D eigenvalue weighted by atomic mass is 10.3. The summed E-state index contributed by atoms with van der Waals surface area (Å²) in [7, 11) is -3.96. The Hall–Kier alpha value is -2.23. The highest BCUT2D eigenvalue weighted by atomic mass is 32.2. The maximum absolute atomic E-state index is 12.0. The topological polar surface area (TPSA) is 115 Å². The van der Waals surface area contributed by atoms with Crippen molar-refractivity contribution in [2.24, 2.45) is 5.14 Å². The van der Waals surface area contributed by atoms with Gasteiger partial charge < -0.3 is 9.73 Å². The van der Waals surface area contributed by atoms with Gasteiger partial charge in [-0.05, 0) is 30.3 Å². The van der Waals surface area contributed by atoms with Crippen molar-refractivity contribution in [1.82, 2.24) is 4.98 Å². The number of rotatable bonds is 3. The minimum absolute atomic E-state index is 0.141. The van der Waals surface area contributed by atoms with E-state index in [4.69, 9.17) is 9.56 Å². The third-order valence-electron chi connectivity index (χ3n) is 2.67. The van der Waals surface area contributed by atoms with E-state index in [-0.39, 0.29) is 5.76 Å². The fraction of sp³-hybridized carbons (Fsp3) is 0. The second-order valence-electron chi connectivity index (χ2n) is 4.15. The smallest absolute Gasteiger partial charge is 0.291 e. The molecule has 1 aromatic carbocycles. The Kier molecular flexibility index (Phi) is 3.24. The molecule has 0 spiro atoms. The van der Waals surface area contributed by atoms with Gasteiger partial charge in [-0.25, -0.2) is 18.5 Å². The molecule has 0 aliphatic rings. The quantitative estimate of drug-likeness (QED) is 0.762. The van der Waals surface area contributed by atoms with E-state index in [9.17, 15) is 13.2 Å². The number of amides is 1. The molecule has 2 heterocycles. The maximum atomic E-state index is 12.0. The van der Waals surface area contributed by atoms with E-state index < -0.39 is 21.0 Å². The Bertz CT molecular complexity index is 927. The molecule has 0 saturated heterocycles. The first-order chi connectivity index (χ1) is 9.93. The minimum atomic E-state index is -3.96. The van der Waals surface area contributed by atoms with E-state index in [0.29, 0.717) is 5.69 Å². The zero-order valence-electron chi connectivity index (χ0n) is 10.4. The number of carbonyl (C=O) groups excluding carboxylic acids is 1. The standard InChI is InChI=1S/C12H9N3O4S2/c13-21(17,18)11-4-2-9(19-11)12(16)15-7-1-3-10-8(5-7)14-6-20-10/h1-6H,(H,15,16)(H2,13,17,18). The number of aromatic nitrogens is 1. The van der Waals surface area contributed by atoms with E-state index >= 15 is 0 Å². The number of anilines is 1. The van der Waals surface area contributed by atoms with Gasteiger partial charge in [0.25, 0.3) is 15.9 Å². The molecular weight excluding hydrogens is 314 g/mol. The van der Waals surface area contributed by atoms with Gasteiger partial charge in [0.05, 0.1) is 15.7 Å². The van der Waals surface area contributed by atoms with Crippen LogP contribution in [0.25, 0.3) is 10.2 Å². The van der Waals surface area contributed by atoms with Crippen LogP contribution >= 0.6 is 11.3 Å². The largest absolute Gasteiger partial charge is 0.438 e. The molecule has 3 rings (SSSR count). The molecule has 0 bridgehead atoms. The number of fused-ring (bicyclic) bond motifs is 1. The first-order valence-corrected chi connectivity index (χ1v) is 8.13. The lowest BCUT2D eigenvalue weighted by Crippen LogP contribution is -2.12. The molecular formula is C12H9N3O4S2. The van der Waals surface area contributed by atoms with Crippen molar-refractivity contribution in [1.29, 1.82) is 0 Å². The number of primary sulfonamides is 1. The zero-order chi connectivity index (χ0) is 15.0. The van der Waals surface area contributed by atoms with E-state index in [1.807, 2.05) is 6.07 Å². The summed E-state index contributed by atoms with van der Waals surface area (Å²) in [5, 5.41) is 7.06. The Balaban J connectivity index is 1.84. The normalized spacial score (nSPS) is 11.7. The lowest BCUT2D eigenvalue weighted by Gasteiger charge is -2.02. The molecule has 1 amide bonds. The molecule has 2 aromatic heterocycles. The van der Waals surface area contributed by atoms with Crippen LogP contribution in [0.5, 0.6) is 0 Å². The van der Waals surface area contributed by atoms with Gasteiger partial charge in [-0.3, -0.25) is 4.79 Å². The number of furan rings is 1. The number of nitrogens with two attached hydrogens (primary N) is 1. The molecule has 0 atom stereocenters. The van der Waals surface area contributed by atoms with Crippen LogP contribution in [0.15, 0.2) is 45.4 Å². The third-order valence-corrected chi connectivity index (χ3v) is 4.26. The van der Waals surface area contributed by atoms with Crippen molar-refractivity contribution in [2.45, 2.75) is 5.09 Å². The third kappa shape index (κ3) is 2.79. The number of carbonyl (C=O) groups is 1. The fourth-order valence-corrected chi connectivity index (χ4v) is 2.85. The van der Waals surface area contributed by atoms with Crippen LogP contribution < -0.4 is 10.5 Å². The molecule has 9 heteroatoms. The fourth-order valence-electron chi connectivity index (χ4n) is 1.72. The Morgan fingerprint density at radius 1 is 1.29 bits per heavy atom. The summed E-state index contributed by atoms with van der Waals surface area (Å²) in [6, 6.07) is 7.65. The zero-order valence-corrected chi connectivity index (χ0v) is 12.1. The molecule has 7 nitrogen and oxygen atoms in total. The molecule has 0 aliphatic heterocycles. The van der Waals surface area contributed by atoms with Crippen LogP contribution in [0.2, 0.25) is 0 Å². The van der Waals surface area contributed by atoms with Crippen molar-refractivity contribution in [2.75, 3.05) is 5.32 Å². The summed E-state index contributed by atoms with van der Waals surface area (Å²) < 4.78 is 28.1. The first-order valence-electron chi connectivity index (χ1n) is 5.71. The Morgan fingerprint density at radius 2 is 2.10 bits per heavy atom. The molecule has 108 valence electrons. The van der Waals surface area contributed by atoms with Gasteiger partial charge in [0.2, 0.25) is 5.09 Å². The summed E-state index contributed by atoms with van der Waals surface area (Å²) in [4.78, 5) is 16.1. The van der Waals surface area contributed by atoms with Crippen LogP contribution in [0.4, 0.5) is 5.69 Å². The van der Waals surface area contributed by atoms with Crippen molar-refractivity contribution >= 4 is 43.2 Å². The molecule has 3 N–H and O–H groups in total. The van der Waals surface area contributed by atoms with E-state index in [1.54, 1.807) is 17.6 Å². The van der Waals surface area contributed by atoms with Gasteiger partial charge in [-0.1, -0.05) is 0 Å². The first kappa shape index (κ1) is 13.7. The number of sulfonamides is 1. The van der Waals surface area contributed by atoms with Crippen LogP contribution in [0.3, 0.4) is 0 Å². The summed E-state index contributed by atoms with van der Waals surface area (Å²) in [6.45, 7) is 0. The average molecular weight is 323 g/mol. The molecule has 0 unspecified atom stereocenters. The molecule has 0 saturated carbocycles.